The maximum absolute atomic E-state index is 14.9. The molecule has 1 aliphatic rings. The van der Waals surface area contributed by atoms with Crippen molar-refractivity contribution >= 4 is 0 Å². The van der Waals surface area contributed by atoms with Crippen LogP contribution in [0.25, 0.3) is 11.1 Å². The van der Waals surface area contributed by atoms with Crippen LogP contribution in [0.1, 0.15) is 88.9 Å². The molecule has 0 N–H and O–H groups in total. The molecule has 0 radical (unpaired) electrons. The van der Waals surface area contributed by atoms with Crippen molar-refractivity contribution in [3.63, 3.8) is 0 Å². The van der Waals surface area contributed by atoms with E-state index in [0.29, 0.717) is 24.5 Å². The second kappa shape index (κ2) is 11.7. The fourth-order valence-electron chi connectivity index (χ4n) is 4.47. The van der Waals surface area contributed by atoms with Gasteiger partial charge in [-0.2, -0.15) is 0 Å². The molecule has 1 aliphatic heterocycles. The lowest BCUT2D eigenvalue weighted by atomic mass is 9.90. The lowest BCUT2D eigenvalue weighted by Crippen LogP contribution is -2.20. The summed E-state index contributed by atoms with van der Waals surface area (Å²) in [6.07, 6.45) is 9.89. The van der Waals surface area contributed by atoms with E-state index < -0.39 is 17.5 Å². The van der Waals surface area contributed by atoms with E-state index in [1.54, 1.807) is 18.2 Å². The van der Waals surface area contributed by atoms with E-state index >= 15 is 0 Å². The quantitative estimate of drug-likeness (QED) is 0.342. The molecule has 2 aromatic rings. The van der Waals surface area contributed by atoms with Crippen molar-refractivity contribution < 1.29 is 17.9 Å². The van der Waals surface area contributed by atoms with Gasteiger partial charge < -0.3 is 4.74 Å². The molecule has 0 amide bonds. The van der Waals surface area contributed by atoms with E-state index in [1.165, 1.54) is 31.4 Å². The Morgan fingerprint density at radius 1 is 0.839 bits per heavy atom. The summed E-state index contributed by atoms with van der Waals surface area (Å²) in [5.41, 5.74) is 1.20. The largest absolute Gasteiger partial charge is 0.373 e. The minimum Gasteiger partial charge on any atom is -0.373 e. The molecular weight excluding hydrogens is 397 g/mol. The fraction of sp³-hybridized carbons (Fsp3) is 0.556. The Balaban J connectivity index is 1.69. The van der Waals surface area contributed by atoms with Gasteiger partial charge in [-0.25, -0.2) is 13.2 Å². The Labute approximate surface area is 185 Å². The molecule has 1 nitrogen and oxygen atoms in total. The number of halogens is 3. The average molecular weight is 433 g/mol. The Hall–Kier alpha value is -1.81. The van der Waals surface area contributed by atoms with E-state index in [1.807, 2.05) is 0 Å². The van der Waals surface area contributed by atoms with Crippen LogP contribution < -0.4 is 0 Å². The minimum atomic E-state index is -0.965. The van der Waals surface area contributed by atoms with E-state index in [4.69, 9.17) is 4.74 Å². The van der Waals surface area contributed by atoms with Gasteiger partial charge in [0.25, 0.3) is 0 Å². The molecule has 1 fully saturated rings. The van der Waals surface area contributed by atoms with Crippen LogP contribution in [0, 0.1) is 23.4 Å². The van der Waals surface area contributed by atoms with Gasteiger partial charge in [-0.3, -0.25) is 0 Å². The van der Waals surface area contributed by atoms with Crippen LogP contribution in [0.5, 0.6) is 0 Å². The summed E-state index contributed by atoms with van der Waals surface area (Å²) in [5, 5.41) is 0. The Bertz CT molecular complexity index is 841. The van der Waals surface area contributed by atoms with Gasteiger partial charge in [-0.1, -0.05) is 70.2 Å². The van der Waals surface area contributed by atoms with Crippen molar-refractivity contribution in [3.8, 4) is 11.1 Å². The lowest BCUT2D eigenvalue weighted by molar-refractivity contribution is -0.0199. The zero-order chi connectivity index (χ0) is 22.2. The molecule has 0 bridgehead atoms. The van der Waals surface area contributed by atoms with Crippen molar-refractivity contribution in [2.75, 3.05) is 6.61 Å². The van der Waals surface area contributed by atoms with E-state index in [-0.39, 0.29) is 17.2 Å². The fourth-order valence-corrected chi connectivity index (χ4v) is 4.47. The highest BCUT2D eigenvalue weighted by atomic mass is 19.2. The van der Waals surface area contributed by atoms with Crippen molar-refractivity contribution in [1.82, 2.24) is 0 Å². The van der Waals surface area contributed by atoms with E-state index in [2.05, 4.69) is 13.8 Å². The van der Waals surface area contributed by atoms with Crippen molar-refractivity contribution in [2.24, 2.45) is 5.92 Å². The highest BCUT2D eigenvalue weighted by Crippen LogP contribution is 2.35. The van der Waals surface area contributed by atoms with Gasteiger partial charge in [0.2, 0.25) is 0 Å². The first-order valence-electron chi connectivity index (χ1n) is 11.9. The number of benzene rings is 2. The standard InChI is InChI=1S/C27H35F3O/c1-3-5-7-8-10-20-12-15-23(27(30)26(20)29)22-14-13-21(17-24(22)28)25-16-11-19(18-31-25)9-6-4-2/h12-15,17,19,25H,3-11,16,18H2,1-2H3. The number of rotatable bonds is 10. The van der Waals surface area contributed by atoms with Crippen molar-refractivity contribution in [2.45, 2.75) is 84.2 Å². The molecule has 2 aromatic carbocycles. The van der Waals surface area contributed by atoms with Gasteiger partial charge in [-0.05, 0) is 55.2 Å². The van der Waals surface area contributed by atoms with Crippen LogP contribution >= 0.6 is 0 Å². The van der Waals surface area contributed by atoms with Gasteiger partial charge in [0.1, 0.15) is 5.82 Å². The van der Waals surface area contributed by atoms with Crippen LogP contribution in [0.4, 0.5) is 13.2 Å². The Kier molecular flexibility index (Phi) is 9.01. The number of aryl methyl sites for hydroxylation is 1. The number of hydrogen-bond acceptors (Lipinski definition) is 1. The third kappa shape index (κ3) is 6.12. The molecule has 170 valence electrons. The molecule has 0 spiro atoms. The van der Waals surface area contributed by atoms with Gasteiger partial charge in [-0.15, -0.1) is 0 Å². The third-order valence-electron chi connectivity index (χ3n) is 6.45. The highest BCUT2D eigenvalue weighted by molar-refractivity contribution is 5.66. The predicted molar refractivity (Wildman–Crippen MR) is 121 cm³/mol. The summed E-state index contributed by atoms with van der Waals surface area (Å²) in [7, 11) is 0. The smallest absolute Gasteiger partial charge is 0.167 e. The minimum absolute atomic E-state index is 0.0250. The van der Waals surface area contributed by atoms with Gasteiger partial charge in [0.05, 0.1) is 12.7 Å². The molecule has 2 unspecified atom stereocenters. The van der Waals surface area contributed by atoms with Crippen molar-refractivity contribution in [3.05, 3.63) is 58.9 Å². The van der Waals surface area contributed by atoms with Crippen LogP contribution in [-0.2, 0) is 11.2 Å². The van der Waals surface area contributed by atoms with Gasteiger partial charge >= 0.3 is 0 Å². The van der Waals surface area contributed by atoms with E-state index in [9.17, 15) is 13.2 Å². The SMILES string of the molecule is CCCCCCc1ccc(-c2ccc(C3CCC(CCCC)CO3)cc2F)c(F)c1F. The third-order valence-corrected chi connectivity index (χ3v) is 6.45. The highest BCUT2D eigenvalue weighted by Gasteiger charge is 2.24. The molecule has 2 atom stereocenters. The van der Waals surface area contributed by atoms with Crippen LogP contribution in [0.2, 0.25) is 0 Å². The Morgan fingerprint density at radius 3 is 2.29 bits per heavy atom. The Morgan fingerprint density at radius 2 is 1.61 bits per heavy atom. The first-order chi connectivity index (χ1) is 15.0. The molecule has 1 saturated heterocycles. The molecule has 31 heavy (non-hydrogen) atoms. The number of hydrogen-bond donors (Lipinski definition) is 0. The summed E-state index contributed by atoms with van der Waals surface area (Å²) in [5.74, 6) is -1.78. The molecular formula is C27H35F3O. The molecule has 1 heterocycles. The number of unbranched alkanes of at least 4 members (excludes halogenated alkanes) is 4. The molecule has 0 aliphatic carbocycles. The molecule has 0 aromatic heterocycles. The zero-order valence-electron chi connectivity index (χ0n) is 18.9. The first-order valence-corrected chi connectivity index (χ1v) is 11.9. The number of ether oxygens (including phenoxy) is 1. The first kappa shape index (κ1) is 23.8. The summed E-state index contributed by atoms with van der Waals surface area (Å²) in [4.78, 5) is 0. The molecule has 3 rings (SSSR count). The maximum atomic E-state index is 14.9. The van der Waals surface area contributed by atoms with Gasteiger partial charge in [0, 0.05) is 11.1 Å². The summed E-state index contributed by atoms with van der Waals surface area (Å²) in [6.45, 7) is 5.00. The normalized spacial score (nSPS) is 19.0. The maximum Gasteiger partial charge on any atom is 0.167 e. The van der Waals surface area contributed by atoms with Crippen LogP contribution in [-0.4, -0.2) is 6.61 Å². The van der Waals surface area contributed by atoms with Crippen LogP contribution in [0.15, 0.2) is 30.3 Å². The van der Waals surface area contributed by atoms with Crippen LogP contribution in [0.3, 0.4) is 0 Å². The molecule has 4 heteroatoms. The predicted octanol–water partition coefficient (Wildman–Crippen LogP) is 8.55. The topological polar surface area (TPSA) is 9.23 Å². The molecule has 0 saturated carbocycles. The second-order valence-electron chi connectivity index (χ2n) is 8.86. The van der Waals surface area contributed by atoms with Crippen molar-refractivity contribution in [1.29, 1.82) is 0 Å². The monoisotopic (exact) mass is 432 g/mol. The van der Waals surface area contributed by atoms with E-state index in [0.717, 1.165) is 44.1 Å². The summed E-state index contributed by atoms with van der Waals surface area (Å²) >= 11 is 0. The summed E-state index contributed by atoms with van der Waals surface area (Å²) in [6, 6.07) is 7.85. The average Bonchev–Trinajstić information content (AvgIpc) is 2.79. The second-order valence-corrected chi connectivity index (χ2v) is 8.86. The zero-order valence-corrected chi connectivity index (χ0v) is 18.9. The summed E-state index contributed by atoms with van der Waals surface area (Å²) < 4.78 is 50.2. The van der Waals surface area contributed by atoms with Gasteiger partial charge in [0.15, 0.2) is 11.6 Å². The lowest BCUT2D eigenvalue weighted by Gasteiger charge is -2.29.